The molecule has 0 aliphatic carbocycles. The number of rotatable bonds is 3. The molecule has 1 aromatic rings. The first-order valence-corrected chi connectivity index (χ1v) is 7.49. The predicted octanol–water partition coefficient (Wildman–Crippen LogP) is 5.34. The van der Waals surface area contributed by atoms with Crippen molar-refractivity contribution < 1.29 is 5.11 Å². The summed E-state index contributed by atoms with van der Waals surface area (Å²) in [6.45, 7) is 0. The van der Waals surface area contributed by atoms with Gasteiger partial charge in [0.15, 0.2) is 3.79 Å². The summed E-state index contributed by atoms with van der Waals surface area (Å²) in [5.41, 5.74) is -0.849. The summed E-state index contributed by atoms with van der Waals surface area (Å²) >= 11 is 32.1. The minimum atomic E-state index is -1.57. The monoisotopic (exact) mass is 398 g/mol. The van der Waals surface area contributed by atoms with Crippen molar-refractivity contribution in [3.63, 3.8) is 0 Å². The van der Waals surface area contributed by atoms with Crippen LogP contribution in [0.25, 0.3) is 0 Å². The molecular formula is C10H8BrCl5O. The fourth-order valence-corrected chi connectivity index (χ4v) is 3.09. The van der Waals surface area contributed by atoms with Crippen LogP contribution in [0.3, 0.4) is 0 Å². The molecule has 1 atom stereocenters. The van der Waals surface area contributed by atoms with Crippen LogP contribution in [0.15, 0.2) is 18.2 Å². The Hall–Kier alpha value is 1.11. The molecule has 0 saturated carbocycles. The highest BCUT2D eigenvalue weighted by atomic mass is 79.9. The molecule has 0 aliphatic heterocycles. The van der Waals surface area contributed by atoms with Gasteiger partial charge < -0.3 is 5.11 Å². The average Bonchev–Trinajstić information content (AvgIpc) is 2.13. The Balaban J connectivity index is 3.15. The molecule has 0 spiro atoms. The van der Waals surface area contributed by atoms with Gasteiger partial charge in [-0.2, -0.15) is 0 Å². The molecule has 96 valence electrons. The molecule has 0 bridgehead atoms. The van der Waals surface area contributed by atoms with Gasteiger partial charge in [0.2, 0.25) is 0 Å². The lowest BCUT2D eigenvalue weighted by Crippen LogP contribution is -2.32. The summed E-state index contributed by atoms with van der Waals surface area (Å²) < 4.78 is -1.57. The molecule has 0 aromatic heterocycles. The van der Waals surface area contributed by atoms with Crippen molar-refractivity contribution >= 4 is 73.9 Å². The Bertz CT molecular complexity index is 386. The van der Waals surface area contributed by atoms with Gasteiger partial charge in [-0.25, -0.2) is 0 Å². The van der Waals surface area contributed by atoms with Crippen LogP contribution in [0.1, 0.15) is 12.0 Å². The molecule has 1 unspecified atom stereocenters. The summed E-state index contributed by atoms with van der Waals surface area (Å²) in [5.74, 6) is 0. The van der Waals surface area contributed by atoms with E-state index >= 15 is 0 Å². The lowest BCUT2D eigenvalue weighted by molar-refractivity contribution is 0.0556. The van der Waals surface area contributed by atoms with Crippen LogP contribution in [0.4, 0.5) is 0 Å². The second-order valence-electron chi connectivity index (χ2n) is 3.62. The molecule has 1 nitrogen and oxygen atoms in total. The van der Waals surface area contributed by atoms with E-state index in [4.69, 9.17) is 58.0 Å². The number of alkyl halides is 4. The standard InChI is InChI=1S/C10H8BrCl5O/c11-5-9(17,4-10(14,15)16)6-1-7(12)3-8(13)2-6/h1-3,17H,4-5H2. The van der Waals surface area contributed by atoms with E-state index in [1.807, 2.05) is 0 Å². The fraction of sp³-hybridized carbons (Fsp3) is 0.400. The topological polar surface area (TPSA) is 20.2 Å². The summed E-state index contributed by atoms with van der Waals surface area (Å²) in [4.78, 5) is 0. The zero-order chi connectivity index (χ0) is 13.3. The van der Waals surface area contributed by atoms with Crippen LogP contribution < -0.4 is 0 Å². The molecule has 1 rings (SSSR count). The van der Waals surface area contributed by atoms with E-state index < -0.39 is 9.39 Å². The molecule has 0 heterocycles. The normalized spacial score (nSPS) is 15.7. The van der Waals surface area contributed by atoms with Crippen LogP contribution in [0.2, 0.25) is 10.0 Å². The van der Waals surface area contributed by atoms with E-state index in [-0.39, 0.29) is 11.8 Å². The van der Waals surface area contributed by atoms with Crippen LogP contribution in [-0.2, 0) is 5.60 Å². The maximum absolute atomic E-state index is 10.5. The highest BCUT2D eigenvalue weighted by Gasteiger charge is 2.37. The molecule has 17 heavy (non-hydrogen) atoms. The zero-order valence-corrected chi connectivity index (χ0v) is 13.7. The molecule has 1 N–H and O–H groups in total. The van der Waals surface area contributed by atoms with E-state index in [1.165, 1.54) is 0 Å². The van der Waals surface area contributed by atoms with E-state index in [0.29, 0.717) is 15.6 Å². The summed E-state index contributed by atoms with van der Waals surface area (Å²) in [6.07, 6.45) is -0.0768. The highest BCUT2D eigenvalue weighted by Crippen LogP contribution is 2.41. The van der Waals surface area contributed by atoms with Crippen molar-refractivity contribution in [1.29, 1.82) is 0 Å². The molecule has 0 fully saturated rings. The van der Waals surface area contributed by atoms with Crippen LogP contribution >= 0.6 is 73.9 Å². The van der Waals surface area contributed by atoms with E-state index in [2.05, 4.69) is 15.9 Å². The maximum atomic E-state index is 10.5. The van der Waals surface area contributed by atoms with Gasteiger partial charge in [-0.1, -0.05) is 73.9 Å². The van der Waals surface area contributed by atoms with Crippen molar-refractivity contribution in [3.05, 3.63) is 33.8 Å². The Morgan fingerprint density at radius 2 is 1.53 bits per heavy atom. The average molecular weight is 401 g/mol. The Kier molecular flexibility index (Phi) is 5.75. The molecular weight excluding hydrogens is 393 g/mol. The Labute approximate surface area is 133 Å². The summed E-state index contributed by atoms with van der Waals surface area (Å²) in [5, 5.41) is 11.5. The second kappa shape index (κ2) is 6.04. The van der Waals surface area contributed by atoms with Crippen molar-refractivity contribution in [2.45, 2.75) is 15.8 Å². The van der Waals surface area contributed by atoms with Crippen molar-refractivity contribution in [2.24, 2.45) is 0 Å². The Morgan fingerprint density at radius 3 is 1.88 bits per heavy atom. The first-order chi connectivity index (χ1) is 7.66. The van der Waals surface area contributed by atoms with Crippen molar-refractivity contribution in [3.8, 4) is 0 Å². The fourth-order valence-electron chi connectivity index (χ4n) is 1.38. The third kappa shape index (κ3) is 4.94. The van der Waals surface area contributed by atoms with Crippen molar-refractivity contribution in [1.82, 2.24) is 0 Å². The third-order valence-corrected chi connectivity index (χ3v) is 3.88. The van der Waals surface area contributed by atoms with Gasteiger partial charge in [0, 0.05) is 21.8 Å². The highest BCUT2D eigenvalue weighted by molar-refractivity contribution is 9.09. The van der Waals surface area contributed by atoms with Crippen molar-refractivity contribution in [2.75, 3.05) is 5.33 Å². The van der Waals surface area contributed by atoms with Gasteiger partial charge in [0.25, 0.3) is 0 Å². The smallest absolute Gasteiger partial charge is 0.193 e. The largest absolute Gasteiger partial charge is 0.384 e. The van der Waals surface area contributed by atoms with E-state index in [1.54, 1.807) is 18.2 Å². The van der Waals surface area contributed by atoms with Gasteiger partial charge >= 0.3 is 0 Å². The minimum Gasteiger partial charge on any atom is -0.384 e. The molecule has 0 amide bonds. The van der Waals surface area contributed by atoms with Gasteiger partial charge in [-0.05, 0) is 23.8 Å². The van der Waals surface area contributed by atoms with Crippen LogP contribution in [0.5, 0.6) is 0 Å². The zero-order valence-electron chi connectivity index (χ0n) is 8.36. The number of halogens is 6. The van der Waals surface area contributed by atoms with Gasteiger partial charge in [-0.15, -0.1) is 0 Å². The first-order valence-electron chi connectivity index (χ1n) is 4.48. The SMILES string of the molecule is OC(CBr)(CC(Cl)(Cl)Cl)c1cc(Cl)cc(Cl)c1. The number of aliphatic hydroxyl groups is 1. The van der Waals surface area contributed by atoms with Gasteiger partial charge in [-0.3, -0.25) is 0 Å². The molecule has 0 aliphatic rings. The second-order valence-corrected chi connectivity index (χ2v) is 7.56. The predicted molar refractivity (Wildman–Crippen MR) is 79.1 cm³/mol. The molecule has 0 saturated heterocycles. The van der Waals surface area contributed by atoms with Gasteiger partial charge in [0.05, 0.1) is 0 Å². The lowest BCUT2D eigenvalue weighted by atomic mass is 9.93. The first kappa shape index (κ1) is 16.2. The van der Waals surface area contributed by atoms with E-state index in [9.17, 15) is 5.11 Å². The van der Waals surface area contributed by atoms with Crippen LogP contribution in [0, 0.1) is 0 Å². The number of hydrogen-bond acceptors (Lipinski definition) is 1. The number of hydrogen-bond donors (Lipinski definition) is 1. The van der Waals surface area contributed by atoms with E-state index in [0.717, 1.165) is 0 Å². The molecule has 7 heteroatoms. The summed E-state index contributed by atoms with van der Waals surface area (Å²) in [6, 6.07) is 4.74. The molecule has 0 radical (unpaired) electrons. The summed E-state index contributed by atoms with van der Waals surface area (Å²) in [7, 11) is 0. The minimum absolute atomic E-state index is 0.0768. The maximum Gasteiger partial charge on any atom is 0.193 e. The third-order valence-electron chi connectivity index (χ3n) is 2.11. The Morgan fingerprint density at radius 1 is 1.06 bits per heavy atom. The van der Waals surface area contributed by atoms with Crippen LogP contribution in [-0.4, -0.2) is 14.2 Å². The number of benzene rings is 1. The lowest BCUT2D eigenvalue weighted by Gasteiger charge is -2.30. The quantitative estimate of drug-likeness (QED) is 0.679. The van der Waals surface area contributed by atoms with Gasteiger partial charge in [0.1, 0.15) is 5.60 Å². The molecule has 1 aromatic carbocycles.